The maximum absolute atomic E-state index is 11.0. The second-order valence-corrected chi connectivity index (χ2v) is 2.79. The summed E-state index contributed by atoms with van der Waals surface area (Å²) in [5.74, 6) is -0.256. The molecule has 0 N–H and O–H groups in total. The number of rotatable bonds is 2. The molecular weight excluding hydrogens is 176 g/mol. The predicted molar refractivity (Wildman–Crippen MR) is 58.4 cm³/mol. The Labute approximate surface area is 85.9 Å². The number of esters is 1. The molecular formula is C12H18O2. The molecule has 2 nitrogen and oxygen atoms in total. The molecule has 0 unspecified atom stereocenters. The molecule has 1 aromatic carbocycles. The fraction of sp³-hybridized carbons (Fsp3) is 0.417. The average Bonchev–Trinajstić information content (AvgIpc) is 2.21. The van der Waals surface area contributed by atoms with Crippen molar-refractivity contribution in [3.63, 3.8) is 0 Å². The van der Waals surface area contributed by atoms with Crippen LogP contribution in [0.25, 0.3) is 0 Å². The van der Waals surface area contributed by atoms with E-state index in [0.29, 0.717) is 12.2 Å². The third-order valence-corrected chi connectivity index (χ3v) is 1.28. The van der Waals surface area contributed by atoms with Gasteiger partial charge in [0.1, 0.15) is 0 Å². The molecule has 1 aromatic rings. The highest BCUT2D eigenvalue weighted by atomic mass is 16.5. The van der Waals surface area contributed by atoms with Crippen molar-refractivity contribution in [3.8, 4) is 0 Å². The van der Waals surface area contributed by atoms with Crippen molar-refractivity contribution in [1.82, 2.24) is 0 Å². The van der Waals surface area contributed by atoms with E-state index in [1.165, 1.54) is 6.42 Å². The van der Waals surface area contributed by atoms with Crippen LogP contribution < -0.4 is 0 Å². The molecule has 0 radical (unpaired) electrons. The molecule has 0 aliphatic carbocycles. The van der Waals surface area contributed by atoms with Crippen molar-refractivity contribution in [1.29, 1.82) is 0 Å². The Hall–Kier alpha value is -1.31. The Bertz CT molecular complexity index is 242. The van der Waals surface area contributed by atoms with Crippen LogP contribution in [0.2, 0.25) is 0 Å². The number of benzene rings is 1. The largest absolute Gasteiger partial charge is 0.462 e. The first kappa shape index (κ1) is 12.7. The minimum atomic E-state index is -0.256. The molecule has 0 saturated heterocycles. The van der Waals surface area contributed by atoms with Gasteiger partial charge in [0.15, 0.2) is 0 Å². The summed E-state index contributed by atoms with van der Waals surface area (Å²) in [7, 11) is 0. The lowest BCUT2D eigenvalue weighted by Gasteiger charge is -1.99. The van der Waals surface area contributed by atoms with Gasteiger partial charge in [0, 0.05) is 0 Å². The van der Waals surface area contributed by atoms with Crippen molar-refractivity contribution in [3.05, 3.63) is 35.9 Å². The van der Waals surface area contributed by atoms with Crippen LogP contribution in [0, 0.1) is 0 Å². The predicted octanol–water partition coefficient (Wildman–Crippen LogP) is 3.28. The van der Waals surface area contributed by atoms with Gasteiger partial charge in [-0.25, -0.2) is 4.79 Å². The minimum Gasteiger partial charge on any atom is -0.462 e. The van der Waals surface area contributed by atoms with E-state index >= 15 is 0 Å². The molecule has 0 heterocycles. The van der Waals surface area contributed by atoms with Gasteiger partial charge in [-0.1, -0.05) is 38.5 Å². The standard InChI is InChI=1S/C9H10O2.C3H8/c1-2-11-9(10)8-6-4-3-5-7-8;1-3-2/h3-7H,2H2,1H3;3H2,1-2H3. The van der Waals surface area contributed by atoms with Gasteiger partial charge in [-0.2, -0.15) is 0 Å². The van der Waals surface area contributed by atoms with Gasteiger partial charge in [0.2, 0.25) is 0 Å². The smallest absolute Gasteiger partial charge is 0.338 e. The normalized spacial score (nSPS) is 8.50. The van der Waals surface area contributed by atoms with Crippen LogP contribution >= 0.6 is 0 Å². The summed E-state index contributed by atoms with van der Waals surface area (Å²) in [5.41, 5.74) is 0.606. The summed E-state index contributed by atoms with van der Waals surface area (Å²) < 4.78 is 4.79. The molecule has 0 saturated carbocycles. The van der Waals surface area contributed by atoms with Crippen LogP contribution in [0.1, 0.15) is 37.6 Å². The van der Waals surface area contributed by atoms with Crippen LogP contribution in [0.4, 0.5) is 0 Å². The number of ether oxygens (including phenoxy) is 1. The molecule has 0 aromatic heterocycles. The van der Waals surface area contributed by atoms with E-state index in [1.807, 2.05) is 18.2 Å². The van der Waals surface area contributed by atoms with Crippen LogP contribution in [-0.4, -0.2) is 12.6 Å². The van der Waals surface area contributed by atoms with Gasteiger partial charge in [-0.15, -0.1) is 0 Å². The Balaban J connectivity index is 0.000000500. The van der Waals surface area contributed by atoms with Crippen LogP contribution in [-0.2, 0) is 4.74 Å². The van der Waals surface area contributed by atoms with E-state index in [1.54, 1.807) is 19.1 Å². The Morgan fingerprint density at radius 1 is 1.14 bits per heavy atom. The van der Waals surface area contributed by atoms with Gasteiger partial charge < -0.3 is 4.74 Å². The molecule has 0 spiro atoms. The van der Waals surface area contributed by atoms with Gasteiger partial charge >= 0.3 is 5.97 Å². The molecule has 0 amide bonds. The number of hydrogen-bond acceptors (Lipinski definition) is 2. The van der Waals surface area contributed by atoms with Crippen molar-refractivity contribution in [2.75, 3.05) is 6.61 Å². The van der Waals surface area contributed by atoms with Gasteiger partial charge in [-0.3, -0.25) is 0 Å². The zero-order chi connectivity index (χ0) is 10.8. The Morgan fingerprint density at radius 3 is 2.07 bits per heavy atom. The zero-order valence-electron chi connectivity index (χ0n) is 9.12. The van der Waals surface area contributed by atoms with Crippen molar-refractivity contribution in [2.24, 2.45) is 0 Å². The van der Waals surface area contributed by atoms with E-state index in [0.717, 1.165) is 0 Å². The Morgan fingerprint density at radius 2 is 1.64 bits per heavy atom. The zero-order valence-corrected chi connectivity index (χ0v) is 9.12. The van der Waals surface area contributed by atoms with E-state index in [9.17, 15) is 4.79 Å². The second-order valence-electron chi connectivity index (χ2n) is 2.79. The first-order chi connectivity index (χ1) is 6.76. The molecule has 0 aliphatic rings. The third-order valence-electron chi connectivity index (χ3n) is 1.28. The lowest BCUT2D eigenvalue weighted by Crippen LogP contribution is -2.03. The maximum Gasteiger partial charge on any atom is 0.338 e. The molecule has 0 atom stereocenters. The molecule has 2 heteroatoms. The van der Waals surface area contributed by atoms with Gasteiger partial charge in [-0.05, 0) is 19.1 Å². The SMILES string of the molecule is CCC.CCOC(=O)c1ccccc1. The summed E-state index contributed by atoms with van der Waals surface area (Å²) in [6.45, 7) is 6.47. The third kappa shape index (κ3) is 5.36. The highest BCUT2D eigenvalue weighted by molar-refractivity contribution is 5.89. The monoisotopic (exact) mass is 194 g/mol. The van der Waals surface area contributed by atoms with Crippen LogP contribution in [0.5, 0.6) is 0 Å². The summed E-state index contributed by atoms with van der Waals surface area (Å²) in [6, 6.07) is 8.96. The molecule has 0 fully saturated rings. The molecule has 78 valence electrons. The maximum atomic E-state index is 11.0. The molecule has 0 aliphatic heterocycles. The minimum absolute atomic E-state index is 0.256. The first-order valence-electron chi connectivity index (χ1n) is 4.98. The van der Waals surface area contributed by atoms with E-state index in [2.05, 4.69) is 13.8 Å². The lowest BCUT2D eigenvalue weighted by atomic mass is 10.2. The fourth-order valence-electron chi connectivity index (χ4n) is 0.789. The highest BCUT2D eigenvalue weighted by Gasteiger charge is 2.02. The highest BCUT2D eigenvalue weighted by Crippen LogP contribution is 1.99. The lowest BCUT2D eigenvalue weighted by molar-refractivity contribution is 0.0526. The molecule has 1 rings (SSSR count). The first-order valence-corrected chi connectivity index (χ1v) is 4.98. The van der Waals surface area contributed by atoms with E-state index < -0.39 is 0 Å². The summed E-state index contributed by atoms with van der Waals surface area (Å²) >= 11 is 0. The van der Waals surface area contributed by atoms with Crippen LogP contribution in [0.15, 0.2) is 30.3 Å². The summed E-state index contributed by atoms with van der Waals surface area (Å²) in [6.07, 6.45) is 1.25. The fourth-order valence-corrected chi connectivity index (χ4v) is 0.789. The molecule has 14 heavy (non-hydrogen) atoms. The van der Waals surface area contributed by atoms with Gasteiger partial charge in [0.05, 0.1) is 12.2 Å². The number of carbonyl (C=O) groups excluding carboxylic acids is 1. The van der Waals surface area contributed by atoms with Crippen molar-refractivity contribution < 1.29 is 9.53 Å². The van der Waals surface area contributed by atoms with E-state index in [-0.39, 0.29) is 5.97 Å². The number of carbonyl (C=O) groups is 1. The second kappa shape index (κ2) is 8.30. The Kier molecular flexibility index (Phi) is 7.52. The van der Waals surface area contributed by atoms with E-state index in [4.69, 9.17) is 4.74 Å². The summed E-state index contributed by atoms with van der Waals surface area (Å²) in [5, 5.41) is 0. The summed E-state index contributed by atoms with van der Waals surface area (Å²) in [4.78, 5) is 11.0. The average molecular weight is 194 g/mol. The number of hydrogen-bond donors (Lipinski definition) is 0. The van der Waals surface area contributed by atoms with Gasteiger partial charge in [0.25, 0.3) is 0 Å². The molecule has 0 bridgehead atoms. The van der Waals surface area contributed by atoms with Crippen molar-refractivity contribution >= 4 is 5.97 Å². The quantitative estimate of drug-likeness (QED) is 0.675. The van der Waals surface area contributed by atoms with Crippen LogP contribution in [0.3, 0.4) is 0 Å². The van der Waals surface area contributed by atoms with Crippen molar-refractivity contribution in [2.45, 2.75) is 27.2 Å². The topological polar surface area (TPSA) is 26.3 Å².